The van der Waals surface area contributed by atoms with Crippen LogP contribution in [0.4, 0.5) is 5.69 Å². The highest BCUT2D eigenvalue weighted by molar-refractivity contribution is 8.13. The fraction of sp³-hybridized carbons (Fsp3) is 0.286. The van der Waals surface area contributed by atoms with Crippen LogP contribution in [0.1, 0.15) is 16.7 Å². The Morgan fingerprint density at radius 2 is 1.57 bits per heavy atom. The normalized spacial score (nSPS) is 21.0. The summed E-state index contributed by atoms with van der Waals surface area (Å²) >= 11 is 1.57. The number of hydrogen-bond acceptors (Lipinski definition) is 5. The van der Waals surface area contributed by atoms with E-state index in [-0.39, 0.29) is 0 Å². The molecule has 0 aliphatic carbocycles. The van der Waals surface area contributed by atoms with Crippen LogP contribution >= 0.6 is 11.8 Å². The second kappa shape index (κ2) is 10.1. The molecule has 1 unspecified atom stereocenters. The Morgan fingerprint density at radius 3 is 2.20 bits per heavy atom. The summed E-state index contributed by atoms with van der Waals surface area (Å²) < 4.78 is 6.70. The van der Waals surface area contributed by atoms with Crippen molar-refractivity contribution in [1.82, 2.24) is 4.90 Å². The van der Waals surface area contributed by atoms with Crippen molar-refractivity contribution in [2.45, 2.75) is 12.7 Å². The van der Waals surface area contributed by atoms with Gasteiger partial charge in [-0.3, -0.25) is 4.90 Å². The molecule has 5 rings (SSSR count). The molecule has 3 aromatic rings. The summed E-state index contributed by atoms with van der Waals surface area (Å²) in [6.45, 7) is 5.33. The van der Waals surface area contributed by atoms with Gasteiger partial charge in [-0.1, -0.05) is 65.9 Å². The van der Waals surface area contributed by atoms with Gasteiger partial charge in [-0.05, 0) is 49.6 Å². The molecule has 0 saturated carbocycles. The van der Waals surface area contributed by atoms with E-state index in [1.165, 1.54) is 5.56 Å². The van der Waals surface area contributed by atoms with E-state index in [1.54, 1.807) is 11.8 Å². The van der Waals surface area contributed by atoms with Crippen LogP contribution < -0.4 is 4.90 Å². The van der Waals surface area contributed by atoms with Crippen molar-refractivity contribution in [3.8, 4) is 0 Å². The SMILES string of the molecule is CS/C(=N/C1(c2ccccc2)N(c2ccc(C)cc2)CC(c2ccccc2)=[N+]1[O-])N1CCOCC1. The van der Waals surface area contributed by atoms with Gasteiger partial charge in [-0.25, -0.2) is 0 Å². The number of morpholine rings is 1. The number of hydrogen-bond donors (Lipinski definition) is 0. The summed E-state index contributed by atoms with van der Waals surface area (Å²) in [4.78, 5) is 9.68. The molecule has 2 aliphatic heterocycles. The Bertz CT molecular complexity index is 1210. The first-order valence-electron chi connectivity index (χ1n) is 11.9. The van der Waals surface area contributed by atoms with Gasteiger partial charge in [0.05, 0.1) is 18.8 Å². The van der Waals surface area contributed by atoms with Crippen molar-refractivity contribution in [1.29, 1.82) is 0 Å². The second-order valence-corrected chi connectivity index (χ2v) is 9.50. The summed E-state index contributed by atoms with van der Waals surface area (Å²) in [6.07, 6.45) is 2.02. The highest BCUT2D eigenvalue weighted by atomic mass is 32.2. The molecular weight excluding hydrogens is 456 g/mol. The molecule has 1 fully saturated rings. The molecule has 0 spiro atoms. The van der Waals surface area contributed by atoms with Gasteiger partial charge in [-0.2, -0.15) is 9.73 Å². The van der Waals surface area contributed by atoms with Crippen LogP contribution in [0.5, 0.6) is 0 Å². The fourth-order valence-corrected chi connectivity index (χ4v) is 5.36. The van der Waals surface area contributed by atoms with E-state index < -0.39 is 5.79 Å². The Hall–Kier alpha value is -3.29. The monoisotopic (exact) mass is 486 g/mol. The maximum absolute atomic E-state index is 14.5. The van der Waals surface area contributed by atoms with Crippen molar-refractivity contribution in [3.05, 3.63) is 107 Å². The van der Waals surface area contributed by atoms with Crippen molar-refractivity contribution in [3.63, 3.8) is 0 Å². The maximum atomic E-state index is 14.5. The second-order valence-electron chi connectivity index (χ2n) is 8.73. The molecule has 180 valence electrons. The van der Waals surface area contributed by atoms with Gasteiger partial charge in [0.2, 0.25) is 5.71 Å². The fourth-order valence-electron chi connectivity index (χ4n) is 4.70. The number of benzene rings is 3. The zero-order valence-electron chi connectivity index (χ0n) is 20.1. The smallest absolute Gasteiger partial charge is 0.379 e. The molecule has 6 nitrogen and oxygen atoms in total. The highest BCUT2D eigenvalue weighted by Crippen LogP contribution is 2.41. The van der Waals surface area contributed by atoms with E-state index >= 15 is 0 Å². The molecule has 2 aliphatic rings. The van der Waals surface area contributed by atoms with Crippen molar-refractivity contribution in [2.24, 2.45) is 4.99 Å². The van der Waals surface area contributed by atoms with Gasteiger partial charge in [-0.15, -0.1) is 0 Å². The Balaban J connectivity index is 1.76. The molecule has 0 bridgehead atoms. The minimum absolute atomic E-state index is 0.444. The number of rotatable bonds is 4. The molecule has 2 heterocycles. The molecule has 35 heavy (non-hydrogen) atoms. The summed E-state index contributed by atoms with van der Waals surface area (Å²) in [5, 5.41) is 15.3. The molecular formula is C28H30N4O2S. The third kappa shape index (κ3) is 4.42. The van der Waals surface area contributed by atoms with Crippen LogP contribution in [0.2, 0.25) is 0 Å². The first-order valence-corrected chi connectivity index (χ1v) is 13.1. The summed E-state index contributed by atoms with van der Waals surface area (Å²) in [5.74, 6) is -1.28. The number of amidine groups is 1. The van der Waals surface area contributed by atoms with Crippen molar-refractivity contribution >= 4 is 28.3 Å². The predicted octanol–water partition coefficient (Wildman–Crippen LogP) is 4.68. The molecule has 1 saturated heterocycles. The van der Waals surface area contributed by atoms with E-state index in [2.05, 4.69) is 41.0 Å². The van der Waals surface area contributed by atoms with Crippen molar-refractivity contribution < 1.29 is 9.48 Å². The lowest BCUT2D eigenvalue weighted by Crippen LogP contribution is -2.49. The Morgan fingerprint density at radius 1 is 0.943 bits per heavy atom. The van der Waals surface area contributed by atoms with E-state index in [4.69, 9.17) is 9.73 Å². The first kappa shape index (κ1) is 23.5. The van der Waals surface area contributed by atoms with Gasteiger partial charge in [0.1, 0.15) is 6.54 Å². The number of anilines is 1. The van der Waals surface area contributed by atoms with Crippen molar-refractivity contribution in [2.75, 3.05) is 44.0 Å². The highest BCUT2D eigenvalue weighted by Gasteiger charge is 2.55. The average Bonchev–Trinajstić information content (AvgIpc) is 3.22. The molecule has 0 amide bonds. The molecule has 0 radical (unpaired) electrons. The predicted molar refractivity (Wildman–Crippen MR) is 144 cm³/mol. The lowest BCUT2D eigenvalue weighted by molar-refractivity contribution is -0.547. The van der Waals surface area contributed by atoms with Gasteiger partial charge < -0.3 is 14.8 Å². The van der Waals surface area contributed by atoms with E-state index in [1.807, 2.05) is 66.9 Å². The average molecular weight is 487 g/mol. The topological polar surface area (TPSA) is 54.1 Å². The van der Waals surface area contributed by atoms with Crippen LogP contribution in [0.25, 0.3) is 0 Å². The van der Waals surface area contributed by atoms with Crippen LogP contribution in [0.15, 0.2) is 89.9 Å². The molecule has 3 aromatic carbocycles. The summed E-state index contributed by atoms with van der Waals surface area (Å²) in [6, 6.07) is 28.2. The van der Waals surface area contributed by atoms with E-state index in [0.29, 0.717) is 25.5 Å². The quantitative estimate of drug-likeness (QED) is 0.232. The molecule has 0 aromatic heterocycles. The van der Waals surface area contributed by atoms with Gasteiger partial charge in [0.25, 0.3) is 0 Å². The Labute approximate surface area is 211 Å². The van der Waals surface area contributed by atoms with Crippen LogP contribution in [-0.4, -0.2) is 59.6 Å². The number of aliphatic imine (C=N–C) groups is 1. The summed E-state index contributed by atoms with van der Waals surface area (Å²) in [7, 11) is 0. The maximum Gasteiger partial charge on any atom is 0.379 e. The first-order chi connectivity index (χ1) is 17.1. The molecule has 0 N–H and O–H groups in total. The molecule has 7 heteroatoms. The number of hydroxylamine groups is 1. The Kier molecular flexibility index (Phi) is 6.79. The third-order valence-corrected chi connectivity index (χ3v) is 7.26. The van der Waals surface area contributed by atoms with Gasteiger partial charge in [0.15, 0.2) is 5.17 Å². The van der Waals surface area contributed by atoms with Crippen LogP contribution in [-0.2, 0) is 10.5 Å². The number of nitrogens with zero attached hydrogens (tertiary/aromatic N) is 4. The number of ether oxygens (including phenoxy) is 1. The lowest BCUT2D eigenvalue weighted by atomic mass is 10.1. The summed E-state index contributed by atoms with van der Waals surface area (Å²) in [5.41, 5.74) is 4.57. The van der Waals surface area contributed by atoms with E-state index in [9.17, 15) is 5.21 Å². The van der Waals surface area contributed by atoms with E-state index in [0.717, 1.165) is 39.8 Å². The molecule has 1 atom stereocenters. The minimum Gasteiger partial charge on any atom is -0.620 e. The lowest BCUT2D eigenvalue weighted by Gasteiger charge is -2.36. The zero-order chi connectivity index (χ0) is 24.3. The standard InChI is InChI=1S/C28H30N4O2S/c1-22-13-15-25(16-14-22)31-21-26(23-9-5-3-6-10-23)32(33)28(31,24-11-7-4-8-12-24)29-27(35-2)30-17-19-34-20-18-30/h3-16H,17-21H2,1-2H3/b29-27+. The van der Waals surface area contributed by atoms with Gasteiger partial charge in [0, 0.05) is 24.3 Å². The van der Waals surface area contributed by atoms with Crippen LogP contribution in [0.3, 0.4) is 0 Å². The number of aryl methyl sites for hydroxylation is 1. The zero-order valence-corrected chi connectivity index (χ0v) is 20.9. The van der Waals surface area contributed by atoms with Gasteiger partial charge >= 0.3 is 5.79 Å². The third-order valence-electron chi connectivity index (χ3n) is 6.54. The van der Waals surface area contributed by atoms with Crippen LogP contribution in [0, 0.1) is 12.1 Å². The number of thioether (sulfide) groups is 1. The minimum atomic E-state index is -1.28. The largest absolute Gasteiger partial charge is 0.620 e.